The van der Waals surface area contributed by atoms with Gasteiger partial charge in [0.25, 0.3) is 0 Å². The number of aliphatic hydroxyl groups is 1. The Balaban J connectivity index is 1.80. The number of rotatable bonds is 3. The number of nitrogens with zero attached hydrogens (tertiary/aromatic N) is 1. The average molecular weight is 178 g/mol. The van der Waals surface area contributed by atoms with Gasteiger partial charge in [0, 0.05) is 25.0 Å². The van der Waals surface area contributed by atoms with E-state index in [9.17, 15) is 5.11 Å². The summed E-state index contributed by atoms with van der Waals surface area (Å²) in [6.45, 7) is 0.824. The smallest absolute Gasteiger partial charge is 0.0693 e. The van der Waals surface area contributed by atoms with Gasteiger partial charge in [-0.15, -0.1) is 0 Å². The van der Waals surface area contributed by atoms with Crippen LogP contribution in [0.1, 0.15) is 18.4 Å². The van der Waals surface area contributed by atoms with Gasteiger partial charge in [0.05, 0.1) is 6.10 Å². The minimum Gasteiger partial charge on any atom is -0.392 e. The summed E-state index contributed by atoms with van der Waals surface area (Å²) in [4.78, 5) is 3.94. The molecule has 2 N–H and O–H groups in total. The molecular formula is C10H14N2O. The molecule has 3 heteroatoms. The van der Waals surface area contributed by atoms with E-state index < -0.39 is 0 Å². The van der Waals surface area contributed by atoms with Gasteiger partial charge in [0.15, 0.2) is 0 Å². The molecule has 0 aromatic carbocycles. The molecule has 0 saturated heterocycles. The van der Waals surface area contributed by atoms with Crippen LogP contribution < -0.4 is 5.32 Å². The fraction of sp³-hybridized carbons (Fsp3) is 0.500. The summed E-state index contributed by atoms with van der Waals surface area (Å²) >= 11 is 0. The second-order valence-corrected chi connectivity index (χ2v) is 3.49. The van der Waals surface area contributed by atoms with E-state index in [0.717, 1.165) is 19.4 Å². The van der Waals surface area contributed by atoms with Crippen LogP contribution in [0.4, 0.5) is 0 Å². The molecule has 1 aromatic heterocycles. The van der Waals surface area contributed by atoms with Crippen LogP contribution in [-0.4, -0.2) is 22.2 Å². The molecule has 2 rings (SSSR count). The molecule has 1 aliphatic rings. The monoisotopic (exact) mass is 178 g/mol. The van der Waals surface area contributed by atoms with Gasteiger partial charge in [0.1, 0.15) is 0 Å². The SMILES string of the molecule is O[C@H]1CC[C@@H]1NCc1ccncc1. The van der Waals surface area contributed by atoms with Crippen molar-refractivity contribution in [1.82, 2.24) is 10.3 Å². The summed E-state index contributed by atoms with van der Waals surface area (Å²) in [6.07, 6.45) is 5.46. The first-order valence-electron chi connectivity index (χ1n) is 4.66. The molecule has 2 atom stereocenters. The molecule has 1 fully saturated rings. The second kappa shape index (κ2) is 3.85. The van der Waals surface area contributed by atoms with Crippen molar-refractivity contribution < 1.29 is 5.11 Å². The van der Waals surface area contributed by atoms with E-state index in [2.05, 4.69) is 10.3 Å². The Hall–Kier alpha value is -0.930. The molecule has 13 heavy (non-hydrogen) atoms. The highest BCUT2D eigenvalue weighted by Crippen LogP contribution is 2.19. The lowest BCUT2D eigenvalue weighted by Crippen LogP contribution is -2.47. The topological polar surface area (TPSA) is 45.1 Å². The molecule has 0 amide bonds. The second-order valence-electron chi connectivity index (χ2n) is 3.49. The molecular weight excluding hydrogens is 164 g/mol. The Morgan fingerprint density at radius 2 is 2.15 bits per heavy atom. The summed E-state index contributed by atoms with van der Waals surface area (Å²) in [5, 5.41) is 12.6. The molecule has 0 bridgehead atoms. The van der Waals surface area contributed by atoms with E-state index in [1.807, 2.05) is 12.1 Å². The fourth-order valence-corrected chi connectivity index (χ4v) is 1.47. The molecule has 0 radical (unpaired) electrons. The minimum atomic E-state index is -0.137. The maximum absolute atomic E-state index is 9.31. The number of aliphatic hydroxyl groups excluding tert-OH is 1. The van der Waals surface area contributed by atoms with Crippen molar-refractivity contribution in [2.45, 2.75) is 31.5 Å². The average Bonchev–Trinajstić information content (AvgIpc) is 2.17. The van der Waals surface area contributed by atoms with Crippen LogP contribution >= 0.6 is 0 Å². The van der Waals surface area contributed by atoms with Gasteiger partial charge in [-0.05, 0) is 30.5 Å². The third-order valence-corrected chi connectivity index (χ3v) is 2.56. The molecule has 1 heterocycles. The Kier molecular flexibility index (Phi) is 2.57. The van der Waals surface area contributed by atoms with Crippen LogP contribution in [0.2, 0.25) is 0 Å². The number of pyridine rings is 1. The van der Waals surface area contributed by atoms with E-state index in [4.69, 9.17) is 0 Å². The summed E-state index contributed by atoms with van der Waals surface area (Å²) in [5.41, 5.74) is 1.22. The maximum Gasteiger partial charge on any atom is 0.0693 e. The lowest BCUT2D eigenvalue weighted by Gasteiger charge is -2.33. The summed E-state index contributed by atoms with van der Waals surface area (Å²) in [5.74, 6) is 0. The van der Waals surface area contributed by atoms with Gasteiger partial charge < -0.3 is 10.4 Å². The largest absolute Gasteiger partial charge is 0.392 e. The fourth-order valence-electron chi connectivity index (χ4n) is 1.47. The minimum absolute atomic E-state index is 0.137. The van der Waals surface area contributed by atoms with Gasteiger partial charge >= 0.3 is 0 Å². The number of hydrogen-bond donors (Lipinski definition) is 2. The standard InChI is InChI=1S/C10H14N2O/c13-10-2-1-9(10)12-7-8-3-5-11-6-4-8/h3-6,9-10,12-13H,1-2,7H2/t9-,10-/m0/s1. The molecule has 1 aliphatic carbocycles. The van der Waals surface area contributed by atoms with Crippen molar-refractivity contribution in [3.8, 4) is 0 Å². The summed E-state index contributed by atoms with van der Waals surface area (Å²) in [7, 11) is 0. The first-order chi connectivity index (χ1) is 6.36. The first-order valence-corrected chi connectivity index (χ1v) is 4.66. The summed E-state index contributed by atoms with van der Waals surface area (Å²) < 4.78 is 0. The van der Waals surface area contributed by atoms with E-state index in [0.29, 0.717) is 6.04 Å². The first kappa shape index (κ1) is 8.66. The Morgan fingerprint density at radius 1 is 1.38 bits per heavy atom. The zero-order valence-electron chi connectivity index (χ0n) is 7.48. The van der Waals surface area contributed by atoms with Crippen LogP contribution in [0.5, 0.6) is 0 Å². The number of hydrogen-bond acceptors (Lipinski definition) is 3. The highest BCUT2D eigenvalue weighted by Gasteiger charge is 2.27. The predicted octanol–water partition coefficient (Wildman–Crippen LogP) is 0.694. The molecule has 0 aliphatic heterocycles. The highest BCUT2D eigenvalue weighted by atomic mass is 16.3. The Morgan fingerprint density at radius 3 is 2.69 bits per heavy atom. The zero-order chi connectivity index (χ0) is 9.10. The summed E-state index contributed by atoms with van der Waals surface area (Å²) in [6, 6.07) is 4.27. The van der Waals surface area contributed by atoms with Crippen molar-refractivity contribution in [2.75, 3.05) is 0 Å². The van der Waals surface area contributed by atoms with Crippen LogP contribution in [-0.2, 0) is 6.54 Å². The van der Waals surface area contributed by atoms with Gasteiger partial charge in [-0.2, -0.15) is 0 Å². The molecule has 70 valence electrons. The van der Waals surface area contributed by atoms with E-state index >= 15 is 0 Å². The van der Waals surface area contributed by atoms with Crippen molar-refractivity contribution >= 4 is 0 Å². The Bertz CT molecular complexity index is 263. The third kappa shape index (κ3) is 2.05. The number of aromatic nitrogens is 1. The molecule has 0 spiro atoms. The van der Waals surface area contributed by atoms with Crippen molar-refractivity contribution in [1.29, 1.82) is 0 Å². The quantitative estimate of drug-likeness (QED) is 0.716. The van der Waals surface area contributed by atoms with Gasteiger partial charge in [-0.25, -0.2) is 0 Å². The van der Waals surface area contributed by atoms with Crippen LogP contribution in [0, 0.1) is 0 Å². The van der Waals surface area contributed by atoms with Crippen molar-refractivity contribution in [3.05, 3.63) is 30.1 Å². The lowest BCUT2D eigenvalue weighted by atomic mass is 9.89. The van der Waals surface area contributed by atoms with Gasteiger partial charge in [0.2, 0.25) is 0 Å². The molecule has 3 nitrogen and oxygen atoms in total. The third-order valence-electron chi connectivity index (χ3n) is 2.56. The van der Waals surface area contributed by atoms with E-state index in [1.54, 1.807) is 12.4 Å². The molecule has 0 unspecified atom stereocenters. The zero-order valence-corrected chi connectivity index (χ0v) is 7.48. The van der Waals surface area contributed by atoms with E-state index in [-0.39, 0.29) is 6.10 Å². The van der Waals surface area contributed by atoms with Gasteiger partial charge in [-0.3, -0.25) is 4.98 Å². The van der Waals surface area contributed by atoms with Crippen molar-refractivity contribution in [3.63, 3.8) is 0 Å². The van der Waals surface area contributed by atoms with Gasteiger partial charge in [-0.1, -0.05) is 0 Å². The van der Waals surface area contributed by atoms with E-state index in [1.165, 1.54) is 5.56 Å². The Labute approximate surface area is 77.8 Å². The molecule has 1 aromatic rings. The van der Waals surface area contributed by atoms with Crippen molar-refractivity contribution in [2.24, 2.45) is 0 Å². The number of nitrogens with one attached hydrogen (secondary N) is 1. The predicted molar refractivity (Wildman–Crippen MR) is 50.1 cm³/mol. The normalized spacial score (nSPS) is 26.8. The van der Waals surface area contributed by atoms with Crippen LogP contribution in [0.15, 0.2) is 24.5 Å². The molecule has 1 saturated carbocycles. The maximum atomic E-state index is 9.31. The van der Waals surface area contributed by atoms with Crippen LogP contribution in [0.25, 0.3) is 0 Å². The lowest BCUT2D eigenvalue weighted by molar-refractivity contribution is 0.0493. The van der Waals surface area contributed by atoms with Crippen LogP contribution in [0.3, 0.4) is 0 Å². The highest BCUT2D eigenvalue weighted by molar-refractivity contribution is 5.09.